The van der Waals surface area contributed by atoms with Crippen molar-refractivity contribution in [2.75, 3.05) is 20.8 Å². The summed E-state index contributed by atoms with van der Waals surface area (Å²) in [5, 5.41) is 3.67. The van der Waals surface area contributed by atoms with Crippen molar-refractivity contribution in [1.29, 1.82) is 0 Å². The van der Waals surface area contributed by atoms with Crippen LogP contribution in [0.25, 0.3) is 22.0 Å². The van der Waals surface area contributed by atoms with E-state index in [4.69, 9.17) is 35.5 Å². The number of alkyl halides is 3. The Morgan fingerprint density at radius 3 is 2.41 bits per heavy atom. The highest BCUT2D eigenvalue weighted by Gasteiger charge is 2.62. The van der Waals surface area contributed by atoms with Crippen LogP contribution in [0.15, 0.2) is 54.6 Å². The number of pyridine rings is 1. The van der Waals surface area contributed by atoms with E-state index in [1.807, 2.05) is 19.1 Å². The first-order valence-corrected chi connectivity index (χ1v) is 23.6. The molecule has 0 unspecified atom stereocenters. The number of methoxy groups -OCH3 is 2. The zero-order chi connectivity index (χ0) is 47.9. The van der Waals surface area contributed by atoms with E-state index >= 15 is 0 Å². The number of ether oxygens (including phenoxy) is 4. The van der Waals surface area contributed by atoms with Crippen LogP contribution in [-0.4, -0.2) is 104 Å². The van der Waals surface area contributed by atoms with Gasteiger partial charge in [0.2, 0.25) is 33.3 Å². The maximum atomic E-state index is 15.0. The average Bonchev–Trinajstić information content (AvgIpc) is 4.18. The lowest BCUT2D eigenvalue weighted by atomic mass is 9.88. The Balaban J connectivity index is 1.25. The summed E-state index contributed by atoms with van der Waals surface area (Å²) in [6.45, 7) is 4.84. The maximum absolute atomic E-state index is 15.0. The molecule has 4 N–H and O–H groups in total. The molecule has 2 saturated carbocycles. The Morgan fingerprint density at radius 1 is 1.00 bits per heavy atom. The number of sulfonamides is 1. The van der Waals surface area contributed by atoms with Gasteiger partial charge in [0.25, 0.3) is 5.91 Å². The minimum atomic E-state index is -4.91. The van der Waals surface area contributed by atoms with Gasteiger partial charge in [0.05, 0.1) is 36.7 Å². The van der Waals surface area contributed by atoms with Crippen LogP contribution in [0.5, 0.6) is 17.4 Å². The normalized spacial score (nSPS) is 26.7. The van der Waals surface area contributed by atoms with Crippen molar-refractivity contribution in [3.05, 3.63) is 59.6 Å². The second kappa shape index (κ2) is 18.7. The molecule has 0 spiro atoms. The summed E-state index contributed by atoms with van der Waals surface area (Å²) >= 11 is 6.50. The molecule has 1 saturated heterocycles. The summed E-state index contributed by atoms with van der Waals surface area (Å²) in [4.78, 5) is 62.6. The van der Waals surface area contributed by atoms with Crippen molar-refractivity contribution >= 4 is 56.2 Å². The smallest absolute Gasteiger partial charge is 0.427 e. The molecule has 21 heteroatoms. The van der Waals surface area contributed by atoms with Crippen LogP contribution in [0.2, 0.25) is 5.02 Å². The monoisotopic (exact) mass is 962 g/mol. The number of amides is 4. The largest absolute Gasteiger partial charge is 0.497 e. The summed E-state index contributed by atoms with van der Waals surface area (Å²) in [6.07, 6.45) is -1.32. The number of fused-ring (bicyclic) bond motifs is 3. The molecule has 3 aromatic rings. The first-order valence-electron chi connectivity index (χ1n) is 21.7. The quantitative estimate of drug-likeness (QED) is 0.123. The molecule has 4 aliphatic rings. The van der Waals surface area contributed by atoms with Gasteiger partial charge in [-0.1, -0.05) is 37.6 Å². The fraction of sp³-hybridized carbons (Fsp3) is 0.533. The third-order valence-electron chi connectivity index (χ3n) is 12.7. The summed E-state index contributed by atoms with van der Waals surface area (Å²) in [5.74, 6) is -2.40. The Bertz CT molecular complexity index is 2520. The number of carbonyl (C=O) groups is 4. The molecular formula is C45H54ClF3N6O10S. The van der Waals surface area contributed by atoms with E-state index in [9.17, 15) is 40.8 Å². The molecule has 2 aromatic carbocycles. The van der Waals surface area contributed by atoms with Gasteiger partial charge in [-0.3, -0.25) is 24.5 Å². The molecule has 3 fully saturated rings. The van der Waals surface area contributed by atoms with Gasteiger partial charge < -0.3 is 29.2 Å². The van der Waals surface area contributed by atoms with Gasteiger partial charge in [-0.15, -0.1) is 0 Å². The van der Waals surface area contributed by atoms with Crippen molar-refractivity contribution in [3.8, 4) is 28.6 Å². The van der Waals surface area contributed by atoms with Crippen molar-refractivity contribution in [2.45, 2.75) is 113 Å². The summed E-state index contributed by atoms with van der Waals surface area (Å²) < 4.78 is 91.3. The maximum Gasteiger partial charge on any atom is 0.427 e. The Morgan fingerprint density at radius 2 is 1.74 bits per heavy atom. The predicted octanol–water partition coefficient (Wildman–Crippen LogP) is 6.36. The minimum Gasteiger partial charge on any atom is -0.497 e. The molecule has 3 heterocycles. The number of nitrogens with zero attached hydrogens (tertiary/aromatic N) is 2. The number of rotatable bonds is 11. The first-order chi connectivity index (χ1) is 31.0. The van der Waals surface area contributed by atoms with Crippen LogP contribution in [0.4, 0.5) is 18.0 Å². The molecule has 2 aliphatic carbocycles. The van der Waals surface area contributed by atoms with E-state index in [0.29, 0.717) is 84.5 Å². The van der Waals surface area contributed by atoms with Gasteiger partial charge in [-0.25, -0.2) is 23.6 Å². The van der Waals surface area contributed by atoms with Crippen LogP contribution in [-0.2, 0) is 29.1 Å². The standard InChI is InChI=1S/C45H54ClF3N6O10S/c1-24-9-7-8-10-28-22-44(28,41(58)54-66(60,61)31-13-14-31)51-38(56)35-21-30(23-55(35)40(57)37(25(2)17-24)52-53-42(59)65-43(3,4)45(47,48)49)64-39-32-15-12-29(62-5)18-27(32)20-34(50-39)26-11-16-36(63-6)33(46)19-26/h8,10-12,15-16,18-20,24-25,28,30-31,35,37,52H,7,9,13-14,17,21-23H2,1-6H3,(H,51,56)(H,53,59)(H,54,58)/b10-8-/t24-,25-,28-,30-,35+,37+,44-/m1/s1. The molecule has 358 valence electrons. The van der Waals surface area contributed by atoms with Crippen molar-refractivity contribution in [3.63, 3.8) is 0 Å². The Kier molecular flexibility index (Phi) is 13.8. The predicted molar refractivity (Wildman–Crippen MR) is 237 cm³/mol. The number of allylic oxidation sites excluding steroid dienone is 1. The molecule has 7 atom stereocenters. The van der Waals surface area contributed by atoms with E-state index in [2.05, 4.69) is 20.9 Å². The van der Waals surface area contributed by atoms with Gasteiger partial charge in [0, 0.05) is 23.3 Å². The van der Waals surface area contributed by atoms with Crippen LogP contribution >= 0.6 is 11.6 Å². The van der Waals surface area contributed by atoms with E-state index in [0.717, 1.165) is 0 Å². The van der Waals surface area contributed by atoms with E-state index in [-0.39, 0.29) is 31.2 Å². The van der Waals surface area contributed by atoms with Gasteiger partial charge in [0.1, 0.15) is 35.2 Å². The molecular weight excluding hydrogens is 909 g/mol. The van der Waals surface area contributed by atoms with Gasteiger partial charge >= 0.3 is 12.3 Å². The van der Waals surface area contributed by atoms with E-state index in [1.165, 1.54) is 19.1 Å². The fourth-order valence-corrected chi connectivity index (χ4v) is 10.1. The molecule has 0 radical (unpaired) electrons. The zero-order valence-corrected chi connectivity index (χ0v) is 38.9. The van der Waals surface area contributed by atoms with Gasteiger partial charge in [-0.05, 0) is 112 Å². The van der Waals surface area contributed by atoms with Crippen LogP contribution in [0, 0.1) is 17.8 Å². The average molecular weight is 963 g/mol. The number of nitrogens with one attached hydrogen (secondary N) is 4. The first kappa shape index (κ1) is 48.6. The van der Waals surface area contributed by atoms with E-state index in [1.54, 1.807) is 49.4 Å². The SMILES string of the molecule is COc1ccc2c(O[C@@H]3C[C@H]4C(=O)N[C@]5(C(=O)NS(=O)(=O)C6CC6)C[C@H]5/C=C\CC[C@@H](C)C[C@@H](C)[C@H](NNC(=O)OC(C)(C)C(F)(F)F)C(=O)N4C3)nc(-c3ccc(OC)c(Cl)c3)cc2c1. The molecule has 4 amide bonds. The van der Waals surface area contributed by atoms with Gasteiger partial charge in [0.15, 0.2) is 0 Å². The fourth-order valence-electron chi connectivity index (χ4n) is 8.50. The van der Waals surface area contributed by atoms with Gasteiger partial charge in [-0.2, -0.15) is 13.2 Å². The highest BCUT2D eigenvalue weighted by molar-refractivity contribution is 7.91. The molecule has 1 aromatic heterocycles. The summed E-state index contributed by atoms with van der Waals surface area (Å²) in [5.41, 5.74) is 1.29. The molecule has 7 rings (SSSR count). The second-order valence-corrected chi connectivity index (χ2v) is 20.5. The minimum absolute atomic E-state index is 0.0185. The summed E-state index contributed by atoms with van der Waals surface area (Å²) in [7, 11) is -0.993. The lowest BCUT2D eigenvalue weighted by molar-refractivity contribution is -0.244. The van der Waals surface area contributed by atoms with Crippen LogP contribution in [0.3, 0.4) is 0 Å². The third-order valence-corrected chi connectivity index (χ3v) is 14.8. The lowest BCUT2D eigenvalue weighted by Crippen LogP contribution is -2.60. The van der Waals surface area contributed by atoms with Crippen molar-refractivity contribution < 1.29 is 59.7 Å². The lowest BCUT2D eigenvalue weighted by Gasteiger charge is -2.33. The van der Waals surface area contributed by atoms with Crippen LogP contribution < -0.4 is 35.1 Å². The second-order valence-electron chi connectivity index (χ2n) is 18.1. The van der Waals surface area contributed by atoms with Crippen molar-refractivity contribution in [2.24, 2.45) is 17.8 Å². The Labute approximate surface area is 385 Å². The highest BCUT2D eigenvalue weighted by Crippen LogP contribution is 2.46. The Hall–Kier alpha value is -5.34. The number of carbonyl (C=O) groups excluding carboxylic acids is 4. The van der Waals surface area contributed by atoms with E-state index < -0.39 is 86.4 Å². The number of hydrogen-bond donors (Lipinski definition) is 4. The number of benzene rings is 2. The molecule has 16 nitrogen and oxygen atoms in total. The van der Waals surface area contributed by atoms with Crippen LogP contribution in [0.1, 0.15) is 72.6 Å². The number of hydrazine groups is 1. The molecule has 66 heavy (non-hydrogen) atoms. The molecule has 2 aliphatic heterocycles. The number of halogens is 4. The summed E-state index contributed by atoms with van der Waals surface area (Å²) in [6, 6.07) is 9.57. The number of hydrogen-bond acceptors (Lipinski definition) is 12. The van der Waals surface area contributed by atoms with Crippen molar-refractivity contribution in [1.82, 2.24) is 30.8 Å². The zero-order valence-electron chi connectivity index (χ0n) is 37.3. The highest BCUT2D eigenvalue weighted by atomic mass is 35.5. The topological polar surface area (TPSA) is 204 Å². The molecule has 0 bridgehead atoms. The third kappa shape index (κ3) is 10.4. The number of aromatic nitrogens is 1.